The van der Waals surface area contributed by atoms with E-state index in [1.54, 1.807) is 19.2 Å². The van der Waals surface area contributed by atoms with Crippen molar-refractivity contribution in [2.45, 2.75) is 0 Å². The van der Waals surface area contributed by atoms with Gasteiger partial charge in [0.05, 0.1) is 18.1 Å². The predicted molar refractivity (Wildman–Crippen MR) is 65.9 cm³/mol. The summed E-state index contributed by atoms with van der Waals surface area (Å²) in [4.78, 5) is 19.5. The largest absolute Gasteiger partial charge is 0.373 e. The highest BCUT2D eigenvalue weighted by Crippen LogP contribution is 2.11. The van der Waals surface area contributed by atoms with Crippen LogP contribution in [0.15, 0.2) is 36.8 Å². The van der Waals surface area contributed by atoms with Gasteiger partial charge in [-0.1, -0.05) is 0 Å². The molecule has 5 nitrogen and oxygen atoms in total. The predicted octanol–water partition coefficient (Wildman–Crippen LogP) is 1.91. The quantitative estimate of drug-likeness (QED) is 0.868. The molecule has 0 aliphatic rings. The molecule has 2 rings (SSSR count). The number of nitrogens with zero attached hydrogens (tertiary/aromatic N) is 2. The molecule has 0 aliphatic carbocycles. The number of pyridine rings is 2. The second-order valence-electron chi connectivity index (χ2n) is 3.53. The number of hydrogen-bond acceptors (Lipinski definition) is 4. The van der Waals surface area contributed by atoms with Gasteiger partial charge < -0.3 is 10.6 Å². The monoisotopic (exact) mass is 246 g/mol. The van der Waals surface area contributed by atoms with Crippen molar-refractivity contribution in [2.24, 2.45) is 0 Å². The lowest BCUT2D eigenvalue weighted by Crippen LogP contribution is -2.12. The summed E-state index contributed by atoms with van der Waals surface area (Å²) >= 11 is 0. The molecule has 0 spiro atoms. The molecule has 92 valence electrons. The minimum Gasteiger partial charge on any atom is -0.373 e. The van der Waals surface area contributed by atoms with E-state index < -0.39 is 5.82 Å². The Morgan fingerprint density at radius 3 is 2.89 bits per heavy atom. The molecule has 0 aromatic carbocycles. The number of nitrogens with one attached hydrogen (secondary N) is 2. The van der Waals surface area contributed by atoms with Crippen LogP contribution in [0.5, 0.6) is 0 Å². The third kappa shape index (κ3) is 2.79. The van der Waals surface area contributed by atoms with Crippen molar-refractivity contribution >= 4 is 17.4 Å². The van der Waals surface area contributed by atoms with Crippen LogP contribution in [0.25, 0.3) is 0 Å². The van der Waals surface area contributed by atoms with Gasteiger partial charge in [-0.2, -0.15) is 0 Å². The number of anilines is 2. The van der Waals surface area contributed by atoms with E-state index in [4.69, 9.17) is 0 Å². The molecule has 0 atom stereocenters. The Labute approximate surface area is 103 Å². The van der Waals surface area contributed by atoms with Crippen LogP contribution < -0.4 is 10.6 Å². The average molecular weight is 246 g/mol. The van der Waals surface area contributed by atoms with Crippen LogP contribution in [0.3, 0.4) is 0 Å². The molecule has 0 saturated carbocycles. The minimum atomic E-state index is -0.501. The third-order valence-corrected chi connectivity index (χ3v) is 2.24. The molecule has 2 heterocycles. The van der Waals surface area contributed by atoms with Gasteiger partial charge in [0.25, 0.3) is 5.91 Å². The van der Waals surface area contributed by atoms with Gasteiger partial charge in [-0.25, -0.2) is 9.37 Å². The molecule has 0 fully saturated rings. The van der Waals surface area contributed by atoms with Gasteiger partial charge in [0.2, 0.25) is 0 Å². The molecule has 6 heteroatoms. The van der Waals surface area contributed by atoms with Crippen LogP contribution in [-0.4, -0.2) is 22.9 Å². The molecule has 0 unspecified atom stereocenters. The molecule has 2 N–H and O–H groups in total. The zero-order valence-electron chi connectivity index (χ0n) is 9.64. The van der Waals surface area contributed by atoms with E-state index >= 15 is 0 Å². The minimum absolute atomic E-state index is 0.308. The normalized spacial score (nSPS) is 9.89. The Hall–Kier alpha value is -2.50. The van der Waals surface area contributed by atoms with Crippen molar-refractivity contribution in [3.8, 4) is 0 Å². The summed E-state index contributed by atoms with van der Waals surface area (Å²) in [6.07, 6.45) is 3.97. The first-order valence-electron chi connectivity index (χ1n) is 5.25. The van der Waals surface area contributed by atoms with Gasteiger partial charge >= 0.3 is 0 Å². The number of amides is 1. The highest BCUT2D eigenvalue weighted by atomic mass is 19.1. The molecule has 1 amide bonds. The average Bonchev–Trinajstić information content (AvgIpc) is 2.39. The van der Waals surface area contributed by atoms with Gasteiger partial charge in [0.1, 0.15) is 11.6 Å². The summed E-state index contributed by atoms with van der Waals surface area (Å²) in [6.45, 7) is 0. The molecule has 0 saturated heterocycles. The van der Waals surface area contributed by atoms with Crippen LogP contribution in [0.4, 0.5) is 15.9 Å². The summed E-state index contributed by atoms with van der Waals surface area (Å²) in [7, 11) is 1.71. The van der Waals surface area contributed by atoms with Crippen molar-refractivity contribution in [1.82, 2.24) is 9.97 Å². The van der Waals surface area contributed by atoms with E-state index in [-0.39, 0.29) is 5.91 Å². The SMILES string of the molecule is CNc1cc(C(=O)Nc2cncc(F)c2)ccn1. The van der Waals surface area contributed by atoms with Crippen LogP contribution >= 0.6 is 0 Å². The lowest BCUT2D eigenvalue weighted by molar-refractivity contribution is 0.102. The molecule has 2 aromatic rings. The topological polar surface area (TPSA) is 66.9 Å². The fourth-order valence-corrected chi connectivity index (χ4v) is 1.39. The fraction of sp³-hybridized carbons (Fsp3) is 0.0833. The van der Waals surface area contributed by atoms with Crippen LogP contribution in [0.1, 0.15) is 10.4 Å². The Morgan fingerprint density at radius 1 is 1.33 bits per heavy atom. The molecule has 2 aromatic heterocycles. The van der Waals surface area contributed by atoms with E-state index in [1.165, 1.54) is 18.5 Å². The molecule has 0 radical (unpaired) electrons. The van der Waals surface area contributed by atoms with Gasteiger partial charge in [-0.3, -0.25) is 9.78 Å². The van der Waals surface area contributed by atoms with E-state index in [0.29, 0.717) is 17.1 Å². The summed E-state index contributed by atoms with van der Waals surface area (Å²) in [5.41, 5.74) is 0.737. The first-order chi connectivity index (χ1) is 8.69. The Bertz CT molecular complexity index is 574. The van der Waals surface area contributed by atoms with E-state index in [1.807, 2.05) is 0 Å². The van der Waals surface area contributed by atoms with E-state index in [2.05, 4.69) is 20.6 Å². The Balaban J connectivity index is 2.16. The van der Waals surface area contributed by atoms with Crippen LogP contribution in [0, 0.1) is 5.82 Å². The number of carbonyl (C=O) groups excluding carboxylic acids is 1. The Kier molecular flexibility index (Phi) is 3.47. The molecule has 0 bridgehead atoms. The van der Waals surface area contributed by atoms with Crippen LogP contribution in [-0.2, 0) is 0 Å². The van der Waals surface area contributed by atoms with Crippen molar-refractivity contribution < 1.29 is 9.18 Å². The number of carbonyl (C=O) groups is 1. The van der Waals surface area contributed by atoms with Gasteiger partial charge in [0.15, 0.2) is 0 Å². The highest BCUT2D eigenvalue weighted by Gasteiger charge is 2.07. The molecular weight excluding hydrogens is 235 g/mol. The first-order valence-corrected chi connectivity index (χ1v) is 5.25. The van der Waals surface area contributed by atoms with E-state index in [0.717, 1.165) is 6.20 Å². The lowest BCUT2D eigenvalue weighted by Gasteiger charge is -2.06. The summed E-state index contributed by atoms with van der Waals surface area (Å²) < 4.78 is 12.9. The maximum atomic E-state index is 12.9. The standard InChI is InChI=1S/C12H11FN4O/c1-14-11-4-8(2-3-16-11)12(18)17-10-5-9(13)6-15-7-10/h2-7H,1H3,(H,14,16)(H,17,18). The second kappa shape index (κ2) is 5.22. The number of halogens is 1. The fourth-order valence-electron chi connectivity index (χ4n) is 1.39. The van der Waals surface area contributed by atoms with Crippen LogP contribution in [0.2, 0.25) is 0 Å². The van der Waals surface area contributed by atoms with E-state index in [9.17, 15) is 9.18 Å². The van der Waals surface area contributed by atoms with Gasteiger partial charge in [-0.15, -0.1) is 0 Å². The summed E-state index contributed by atoms with van der Waals surface area (Å²) in [6, 6.07) is 4.37. The summed E-state index contributed by atoms with van der Waals surface area (Å²) in [5.74, 6) is -0.264. The van der Waals surface area contributed by atoms with Crippen molar-refractivity contribution in [3.05, 3.63) is 48.2 Å². The smallest absolute Gasteiger partial charge is 0.255 e. The zero-order chi connectivity index (χ0) is 13.0. The highest BCUT2D eigenvalue weighted by molar-refractivity contribution is 6.04. The van der Waals surface area contributed by atoms with Gasteiger partial charge in [-0.05, 0) is 12.1 Å². The maximum Gasteiger partial charge on any atom is 0.255 e. The third-order valence-electron chi connectivity index (χ3n) is 2.24. The molecule has 0 aliphatic heterocycles. The van der Waals surface area contributed by atoms with Crippen molar-refractivity contribution in [3.63, 3.8) is 0 Å². The lowest BCUT2D eigenvalue weighted by atomic mass is 10.2. The van der Waals surface area contributed by atoms with Crippen molar-refractivity contribution in [2.75, 3.05) is 17.7 Å². The number of hydrogen-bond donors (Lipinski definition) is 2. The second-order valence-corrected chi connectivity index (χ2v) is 3.53. The maximum absolute atomic E-state index is 12.9. The molecule has 18 heavy (non-hydrogen) atoms. The zero-order valence-corrected chi connectivity index (χ0v) is 9.64. The summed E-state index contributed by atoms with van der Waals surface area (Å²) in [5, 5.41) is 5.39. The van der Waals surface area contributed by atoms with Crippen molar-refractivity contribution in [1.29, 1.82) is 0 Å². The first kappa shape index (κ1) is 12.0. The van der Waals surface area contributed by atoms with Gasteiger partial charge in [0, 0.05) is 24.9 Å². The number of aromatic nitrogens is 2. The number of rotatable bonds is 3. The Morgan fingerprint density at radius 2 is 2.17 bits per heavy atom. The molecular formula is C12H11FN4O.